The first kappa shape index (κ1) is 37.3. The summed E-state index contributed by atoms with van der Waals surface area (Å²) in [6.45, 7) is 31.1. The second-order valence-electron chi connectivity index (χ2n) is 13.1. The summed E-state index contributed by atoms with van der Waals surface area (Å²) in [6.07, 6.45) is 0. The quantitative estimate of drug-likeness (QED) is 0.175. The minimum Gasteiger partial charge on any atom is -0.433 e. The van der Waals surface area contributed by atoms with Crippen LogP contribution >= 0.6 is 0 Å². The van der Waals surface area contributed by atoms with Gasteiger partial charge in [0.25, 0.3) is 0 Å². The Kier molecular flexibility index (Phi) is 12.5. The van der Waals surface area contributed by atoms with E-state index in [1.165, 1.54) is 0 Å². The zero-order valence-corrected chi connectivity index (χ0v) is 34.7. The molecule has 0 amide bonds. The van der Waals surface area contributed by atoms with Gasteiger partial charge in [0.05, 0.1) is 0 Å². The van der Waals surface area contributed by atoms with Crippen LogP contribution in [-0.2, 0) is 29.1 Å². The van der Waals surface area contributed by atoms with E-state index in [4.69, 9.17) is 29.1 Å². The van der Waals surface area contributed by atoms with Gasteiger partial charge in [-0.1, -0.05) is 72.1 Å². The van der Waals surface area contributed by atoms with Crippen molar-refractivity contribution in [2.75, 3.05) is 7.11 Å². The third-order valence-corrected chi connectivity index (χ3v) is 31.4. The van der Waals surface area contributed by atoms with Crippen LogP contribution in [0.15, 0.2) is 85.2 Å². The Bertz CT molecular complexity index is 1180. The monoisotopic (exact) mass is 696 g/mol. The average molecular weight is 697 g/mol. The van der Waals surface area contributed by atoms with Gasteiger partial charge >= 0.3 is 34.7 Å². The van der Waals surface area contributed by atoms with Crippen LogP contribution < -0.4 is 10.4 Å². The third kappa shape index (κ3) is 11.0. The van der Waals surface area contributed by atoms with Gasteiger partial charge in [0.2, 0.25) is 8.32 Å². The highest BCUT2D eigenvalue weighted by Crippen LogP contribution is 2.31. The maximum Gasteiger partial charge on any atom is 0.651 e. The number of rotatable bonds is 17. The molecule has 0 saturated heterocycles. The molecule has 0 aliphatic rings. The molecule has 0 aromatic heterocycles. The zero-order chi connectivity index (χ0) is 32.1. The van der Waals surface area contributed by atoms with Crippen molar-refractivity contribution in [2.24, 2.45) is 0 Å². The van der Waals surface area contributed by atoms with E-state index in [1.54, 1.807) is 7.11 Å². The van der Waals surface area contributed by atoms with Crippen molar-refractivity contribution in [3.05, 3.63) is 85.2 Å². The Morgan fingerprint density at radius 1 is 0.500 bits per heavy atom. The molecular formula is C28H52O7Si7. The SMILES string of the molecule is C=C[Si](C)(C)O[Si](OC)(O[Si](C)(C)O[Si](C)(O[Si](C)(C)C=C)c1ccccc1)O[Si](C)(O[Si](C)(C)C)c1ccccc1. The van der Waals surface area contributed by atoms with E-state index in [1.807, 2.05) is 86.1 Å². The van der Waals surface area contributed by atoms with Crippen LogP contribution in [0.3, 0.4) is 0 Å². The summed E-state index contributed by atoms with van der Waals surface area (Å²) in [7, 11) is -18.3. The lowest BCUT2D eigenvalue weighted by atomic mass is 10.4. The molecular weight excluding hydrogens is 645 g/mol. The highest BCUT2D eigenvalue weighted by atomic mass is 28.5. The second kappa shape index (κ2) is 14.1. The van der Waals surface area contributed by atoms with Gasteiger partial charge in [0.15, 0.2) is 16.6 Å². The fourth-order valence-corrected chi connectivity index (χ4v) is 32.2. The van der Waals surface area contributed by atoms with Gasteiger partial charge in [-0.2, -0.15) is 0 Å². The first-order valence-corrected chi connectivity index (χ1v) is 32.7. The minimum absolute atomic E-state index is 0.984. The normalized spacial score (nSPS) is 17.5. The highest BCUT2D eigenvalue weighted by Gasteiger charge is 2.60. The van der Waals surface area contributed by atoms with Crippen molar-refractivity contribution in [3.8, 4) is 0 Å². The standard InChI is InChI=1S/C28H52O7Si7/c1-15-37(7,8)31-41(14,28-25-21-18-22-26-28)33-39(11,12)34-42(29-3,32-38(9,10)16-2)35-40(13,30-36(4,5)6)27-23-19-17-20-24-27/h15-26H,1-2H2,3-14H3. The van der Waals surface area contributed by atoms with Gasteiger partial charge in [-0.05, 0) is 82.4 Å². The van der Waals surface area contributed by atoms with Gasteiger partial charge in [-0.15, -0.1) is 13.2 Å². The van der Waals surface area contributed by atoms with Crippen LogP contribution in [-0.4, -0.2) is 66.8 Å². The molecule has 0 fully saturated rings. The molecule has 0 spiro atoms. The summed E-state index contributed by atoms with van der Waals surface area (Å²) >= 11 is 0. The third-order valence-electron chi connectivity index (χ3n) is 6.31. The Morgan fingerprint density at radius 3 is 1.29 bits per heavy atom. The number of hydrogen-bond donors (Lipinski definition) is 0. The molecule has 0 aliphatic heterocycles. The molecule has 2 aromatic rings. The van der Waals surface area contributed by atoms with Crippen LogP contribution in [0.5, 0.6) is 0 Å². The molecule has 2 aromatic carbocycles. The topological polar surface area (TPSA) is 64.6 Å². The summed E-state index contributed by atoms with van der Waals surface area (Å²) in [5, 5.41) is 2.01. The van der Waals surface area contributed by atoms with Crippen molar-refractivity contribution < 1.29 is 29.1 Å². The van der Waals surface area contributed by atoms with Crippen LogP contribution in [0.25, 0.3) is 0 Å². The molecule has 42 heavy (non-hydrogen) atoms. The Balaban J connectivity index is 2.65. The van der Waals surface area contributed by atoms with Crippen LogP contribution in [0.2, 0.25) is 72.0 Å². The Labute approximate surface area is 262 Å². The van der Waals surface area contributed by atoms with Gasteiger partial charge in [0.1, 0.15) is 0 Å². The average Bonchev–Trinajstić information content (AvgIpc) is 2.87. The molecule has 14 heteroatoms. The predicted octanol–water partition coefficient (Wildman–Crippen LogP) is 6.52. The molecule has 0 heterocycles. The van der Waals surface area contributed by atoms with Crippen molar-refractivity contribution in [2.45, 2.75) is 72.0 Å². The maximum atomic E-state index is 7.09. The molecule has 2 rings (SSSR count). The molecule has 0 saturated carbocycles. The molecule has 3 atom stereocenters. The van der Waals surface area contributed by atoms with E-state index in [9.17, 15) is 0 Å². The fourth-order valence-electron chi connectivity index (χ4n) is 4.47. The van der Waals surface area contributed by atoms with E-state index in [0.717, 1.165) is 10.4 Å². The van der Waals surface area contributed by atoms with E-state index >= 15 is 0 Å². The van der Waals surface area contributed by atoms with Crippen LogP contribution in [0.1, 0.15) is 0 Å². The van der Waals surface area contributed by atoms with Crippen molar-refractivity contribution in [3.63, 3.8) is 0 Å². The van der Waals surface area contributed by atoms with Gasteiger partial charge in [-0.25, -0.2) is 0 Å². The molecule has 234 valence electrons. The van der Waals surface area contributed by atoms with Crippen molar-refractivity contribution in [1.82, 2.24) is 0 Å². The fraction of sp³-hybridized carbons (Fsp3) is 0.429. The number of benzene rings is 2. The molecule has 3 unspecified atom stereocenters. The first-order valence-electron chi connectivity index (χ1n) is 14.3. The number of hydrogen-bond acceptors (Lipinski definition) is 7. The smallest absolute Gasteiger partial charge is 0.433 e. The summed E-state index contributed by atoms with van der Waals surface area (Å²) in [5.74, 6) is 0. The lowest BCUT2D eigenvalue weighted by Crippen LogP contribution is -2.70. The first-order chi connectivity index (χ1) is 19.1. The summed E-state index contributed by atoms with van der Waals surface area (Å²) in [5.41, 5.74) is 3.80. The van der Waals surface area contributed by atoms with Crippen molar-refractivity contribution >= 4 is 70.1 Å². The minimum atomic E-state index is -3.90. The zero-order valence-electron chi connectivity index (χ0n) is 27.7. The van der Waals surface area contributed by atoms with Crippen molar-refractivity contribution in [1.29, 1.82) is 0 Å². The van der Waals surface area contributed by atoms with Crippen LogP contribution in [0, 0.1) is 0 Å². The second-order valence-corrected chi connectivity index (χ2v) is 38.6. The molecule has 0 bridgehead atoms. The van der Waals surface area contributed by atoms with Gasteiger partial charge in [-0.3, -0.25) is 0 Å². The highest BCUT2D eigenvalue weighted by molar-refractivity contribution is 6.97. The Hall–Kier alpha value is -0.842. The van der Waals surface area contributed by atoms with E-state index in [0.29, 0.717) is 0 Å². The Morgan fingerprint density at radius 2 is 0.905 bits per heavy atom. The summed E-state index contributed by atoms with van der Waals surface area (Å²) in [6, 6.07) is 20.2. The van der Waals surface area contributed by atoms with Crippen LogP contribution in [0.4, 0.5) is 0 Å². The molecule has 0 radical (unpaired) electrons. The van der Waals surface area contributed by atoms with E-state index in [2.05, 4.69) is 71.1 Å². The lowest BCUT2D eigenvalue weighted by molar-refractivity contribution is 0.0908. The molecule has 0 aliphatic carbocycles. The summed E-state index contributed by atoms with van der Waals surface area (Å²) < 4.78 is 47.9. The molecule has 7 nitrogen and oxygen atoms in total. The predicted molar refractivity (Wildman–Crippen MR) is 191 cm³/mol. The largest absolute Gasteiger partial charge is 0.651 e. The van der Waals surface area contributed by atoms with E-state index in [-0.39, 0.29) is 0 Å². The van der Waals surface area contributed by atoms with Gasteiger partial charge < -0.3 is 29.1 Å². The molecule has 0 N–H and O–H groups in total. The van der Waals surface area contributed by atoms with Gasteiger partial charge in [0, 0.05) is 7.11 Å². The summed E-state index contributed by atoms with van der Waals surface area (Å²) in [4.78, 5) is 0. The lowest BCUT2D eigenvalue weighted by Gasteiger charge is -2.45. The van der Waals surface area contributed by atoms with E-state index < -0.39 is 59.7 Å². The maximum absolute atomic E-state index is 7.09.